The normalized spacial score (nSPS) is 34.0. The molecule has 2 aliphatic carbocycles. The lowest BCUT2D eigenvalue weighted by atomic mass is 9.65. The summed E-state index contributed by atoms with van der Waals surface area (Å²) in [5.41, 5.74) is 0.355. The molecule has 0 amide bonds. The molecule has 1 saturated carbocycles. The van der Waals surface area contributed by atoms with Gasteiger partial charge in [-0.05, 0) is 93.0 Å². The standard InChI is InChI=1S/C28H52ClN3O/c1-21(2)27(31-20-30-16-22-6-8-23(9-7-22)18-33-5)17-32-15-14-26(28(3,4)19-32)24-10-12-25(29)13-11-24/h10,12,21-27,30-31H,6-9,11,13-20H2,1-5H3/t22?,23?,24?,25?,26?,27-/m0/s1. The van der Waals surface area contributed by atoms with Crippen molar-refractivity contribution in [3.05, 3.63) is 12.2 Å². The lowest BCUT2D eigenvalue weighted by Crippen LogP contribution is -2.53. The number of allylic oxidation sites excluding steroid dienone is 2. The first-order valence-corrected chi connectivity index (χ1v) is 14.2. The Morgan fingerprint density at radius 2 is 1.76 bits per heavy atom. The first-order valence-electron chi connectivity index (χ1n) is 13.8. The summed E-state index contributed by atoms with van der Waals surface area (Å²) >= 11 is 6.30. The van der Waals surface area contributed by atoms with Crippen molar-refractivity contribution < 1.29 is 4.74 Å². The lowest BCUT2D eigenvalue weighted by molar-refractivity contribution is 0.0219. The van der Waals surface area contributed by atoms with E-state index in [1.54, 1.807) is 0 Å². The van der Waals surface area contributed by atoms with Gasteiger partial charge in [-0.2, -0.15) is 0 Å². The summed E-state index contributed by atoms with van der Waals surface area (Å²) < 4.78 is 5.34. The molecule has 0 radical (unpaired) electrons. The highest BCUT2D eigenvalue weighted by Crippen LogP contribution is 2.43. The number of nitrogens with one attached hydrogen (secondary N) is 2. The van der Waals surface area contributed by atoms with E-state index in [0.717, 1.165) is 50.5 Å². The van der Waals surface area contributed by atoms with Crippen molar-refractivity contribution >= 4 is 11.6 Å². The van der Waals surface area contributed by atoms with Crippen LogP contribution in [0.25, 0.3) is 0 Å². The zero-order valence-electron chi connectivity index (χ0n) is 22.1. The topological polar surface area (TPSA) is 36.5 Å². The molecule has 192 valence electrons. The number of hydrogen-bond donors (Lipinski definition) is 2. The molecule has 0 aromatic rings. The summed E-state index contributed by atoms with van der Waals surface area (Å²) in [6, 6.07) is 0.536. The second-order valence-corrected chi connectivity index (χ2v) is 12.8. The highest BCUT2D eigenvalue weighted by molar-refractivity contribution is 6.21. The first kappa shape index (κ1) is 27.5. The third-order valence-electron chi connectivity index (χ3n) is 8.80. The zero-order chi connectivity index (χ0) is 23.8. The SMILES string of the molecule is COCC1CCC(CNCN[C@@H](CN2CCC(C3C=CC(Cl)CC3)C(C)(C)C2)C(C)C)CC1. The molecule has 3 aliphatic rings. The van der Waals surface area contributed by atoms with Gasteiger partial charge in [0, 0.05) is 39.5 Å². The molecule has 5 heteroatoms. The van der Waals surface area contributed by atoms with Crippen LogP contribution in [-0.2, 0) is 4.74 Å². The molecule has 3 rings (SSSR count). The van der Waals surface area contributed by atoms with Gasteiger partial charge in [0.25, 0.3) is 0 Å². The Morgan fingerprint density at radius 3 is 2.36 bits per heavy atom. The summed E-state index contributed by atoms with van der Waals surface area (Å²) in [7, 11) is 1.83. The summed E-state index contributed by atoms with van der Waals surface area (Å²) in [5.74, 6) is 3.75. The molecule has 0 bridgehead atoms. The Morgan fingerprint density at radius 1 is 1.03 bits per heavy atom. The fraction of sp³-hybridized carbons (Fsp3) is 0.929. The fourth-order valence-corrected chi connectivity index (χ4v) is 6.89. The molecular weight excluding hydrogens is 430 g/mol. The van der Waals surface area contributed by atoms with E-state index in [1.165, 1.54) is 51.6 Å². The van der Waals surface area contributed by atoms with Gasteiger partial charge in [0.05, 0.1) is 5.38 Å². The van der Waals surface area contributed by atoms with Crippen molar-refractivity contribution in [1.29, 1.82) is 0 Å². The van der Waals surface area contributed by atoms with Crippen LogP contribution in [0.3, 0.4) is 0 Å². The van der Waals surface area contributed by atoms with Crippen molar-refractivity contribution in [2.75, 3.05) is 46.6 Å². The minimum absolute atomic E-state index is 0.252. The molecule has 0 aromatic heterocycles. The van der Waals surface area contributed by atoms with Gasteiger partial charge in [0.1, 0.15) is 0 Å². The second-order valence-electron chi connectivity index (χ2n) is 12.3. The molecule has 1 aliphatic heterocycles. The van der Waals surface area contributed by atoms with Crippen molar-refractivity contribution in [3.63, 3.8) is 0 Å². The van der Waals surface area contributed by atoms with Crippen molar-refractivity contribution in [2.45, 2.75) is 84.1 Å². The van der Waals surface area contributed by atoms with Crippen LogP contribution >= 0.6 is 11.6 Å². The minimum Gasteiger partial charge on any atom is -0.384 e. The number of ether oxygens (including phenoxy) is 1. The molecule has 33 heavy (non-hydrogen) atoms. The summed E-state index contributed by atoms with van der Waals surface area (Å²) in [5, 5.41) is 7.81. The quantitative estimate of drug-likeness (QED) is 0.176. The van der Waals surface area contributed by atoms with E-state index in [4.69, 9.17) is 16.3 Å². The highest BCUT2D eigenvalue weighted by Gasteiger charge is 2.40. The predicted octanol–water partition coefficient (Wildman–Crippen LogP) is 5.52. The van der Waals surface area contributed by atoms with Gasteiger partial charge >= 0.3 is 0 Å². The Hall–Kier alpha value is -0.130. The number of methoxy groups -OCH3 is 1. The van der Waals surface area contributed by atoms with Crippen LogP contribution in [0, 0.1) is 35.0 Å². The van der Waals surface area contributed by atoms with E-state index < -0.39 is 0 Å². The number of nitrogens with zero attached hydrogens (tertiary/aromatic N) is 1. The molecule has 2 fully saturated rings. The van der Waals surface area contributed by atoms with Crippen LogP contribution in [0.15, 0.2) is 12.2 Å². The minimum atomic E-state index is 0.252. The zero-order valence-corrected chi connectivity index (χ0v) is 22.9. The monoisotopic (exact) mass is 481 g/mol. The Bertz CT molecular complexity index is 588. The number of rotatable bonds is 11. The Balaban J connectivity index is 1.39. The van der Waals surface area contributed by atoms with E-state index in [9.17, 15) is 0 Å². The largest absolute Gasteiger partial charge is 0.384 e. The molecule has 1 saturated heterocycles. The number of hydrogen-bond acceptors (Lipinski definition) is 4. The van der Waals surface area contributed by atoms with Crippen LogP contribution in [-0.4, -0.2) is 62.9 Å². The number of piperidine rings is 1. The molecule has 0 aromatic carbocycles. The van der Waals surface area contributed by atoms with E-state index in [2.05, 4.69) is 55.4 Å². The average molecular weight is 482 g/mol. The van der Waals surface area contributed by atoms with Crippen LogP contribution in [0.2, 0.25) is 0 Å². The second kappa shape index (κ2) is 13.3. The summed E-state index contributed by atoms with van der Waals surface area (Å²) in [4.78, 5) is 2.72. The van der Waals surface area contributed by atoms with Crippen LogP contribution < -0.4 is 10.6 Å². The van der Waals surface area contributed by atoms with E-state index in [1.807, 2.05) is 7.11 Å². The third-order valence-corrected chi connectivity index (χ3v) is 9.17. The molecule has 2 N–H and O–H groups in total. The van der Waals surface area contributed by atoms with Crippen molar-refractivity contribution in [2.24, 2.45) is 35.0 Å². The Labute approximate surface area is 209 Å². The summed E-state index contributed by atoms with van der Waals surface area (Å²) in [6.45, 7) is 16.3. The molecular formula is C28H52ClN3O. The van der Waals surface area contributed by atoms with Gasteiger partial charge in [-0.25, -0.2) is 0 Å². The number of alkyl halides is 1. The van der Waals surface area contributed by atoms with Gasteiger partial charge in [-0.15, -0.1) is 11.6 Å². The first-order chi connectivity index (χ1) is 15.8. The Kier molecular flexibility index (Phi) is 11.0. The number of likely N-dealkylation sites (tertiary alicyclic amines) is 1. The fourth-order valence-electron chi connectivity index (χ4n) is 6.68. The molecule has 1 heterocycles. The van der Waals surface area contributed by atoms with Crippen LogP contribution in [0.4, 0.5) is 0 Å². The molecule has 0 spiro atoms. The lowest BCUT2D eigenvalue weighted by Gasteiger charge is -2.48. The molecule has 4 nitrogen and oxygen atoms in total. The maximum atomic E-state index is 6.30. The van der Waals surface area contributed by atoms with Crippen molar-refractivity contribution in [3.8, 4) is 0 Å². The summed E-state index contributed by atoms with van der Waals surface area (Å²) in [6.07, 6.45) is 13.7. The van der Waals surface area contributed by atoms with Gasteiger partial charge in [-0.3, -0.25) is 0 Å². The highest BCUT2D eigenvalue weighted by atomic mass is 35.5. The smallest absolute Gasteiger partial charge is 0.0516 e. The number of halogens is 1. The average Bonchev–Trinajstić information content (AvgIpc) is 2.77. The molecule has 4 atom stereocenters. The van der Waals surface area contributed by atoms with E-state index in [-0.39, 0.29) is 5.38 Å². The van der Waals surface area contributed by atoms with E-state index in [0.29, 0.717) is 23.3 Å². The van der Waals surface area contributed by atoms with Gasteiger partial charge in [0.2, 0.25) is 0 Å². The van der Waals surface area contributed by atoms with Gasteiger partial charge in [0.15, 0.2) is 0 Å². The van der Waals surface area contributed by atoms with Crippen molar-refractivity contribution in [1.82, 2.24) is 15.5 Å². The molecule has 3 unspecified atom stereocenters. The van der Waals surface area contributed by atoms with Gasteiger partial charge in [-0.1, -0.05) is 39.8 Å². The maximum absolute atomic E-state index is 6.30. The van der Waals surface area contributed by atoms with Crippen LogP contribution in [0.1, 0.15) is 72.6 Å². The van der Waals surface area contributed by atoms with E-state index >= 15 is 0 Å². The van der Waals surface area contributed by atoms with Gasteiger partial charge < -0.3 is 20.3 Å². The predicted molar refractivity (Wildman–Crippen MR) is 142 cm³/mol. The van der Waals surface area contributed by atoms with Crippen LogP contribution in [0.5, 0.6) is 0 Å². The maximum Gasteiger partial charge on any atom is 0.0516 e. The third kappa shape index (κ3) is 8.49.